The van der Waals surface area contributed by atoms with Crippen molar-refractivity contribution in [1.82, 2.24) is 0 Å². The number of hydrogen-bond donors (Lipinski definition) is 1. The number of carbonyl (C=O) groups is 1. The lowest BCUT2D eigenvalue weighted by molar-refractivity contribution is -0.132. The number of fused-ring (bicyclic) bond motifs is 1. The Hall–Kier alpha value is -1.28. The summed E-state index contributed by atoms with van der Waals surface area (Å²) in [5, 5.41) is 9.27. The van der Waals surface area contributed by atoms with Gasteiger partial charge in [-0.05, 0) is 18.1 Å². The molecule has 14 heavy (non-hydrogen) atoms. The number of benzene rings is 1. The molecule has 3 heteroatoms. The van der Waals surface area contributed by atoms with E-state index in [9.17, 15) is 4.79 Å². The summed E-state index contributed by atoms with van der Waals surface area (Å²) in [4.78, 5) is 10.8. The Bertz CT molecular complexity index is 447. The minimum atomic E-state index is -0.927. The molecule has 2 nitrogen and oxygen atoms in total. The average molecular weight is 209 g/mol. The zero-order valence-corrected chi connectivity index (χ0v) is 8.43. The highest BCUT2D eigenvalue weighted by Gasteiger charge is 2.24. The first-order chi connectivity index (χ1) is 6.59. The van der Waals surface area contributed by atoms with Crippen molar-refractivity contribution in [2.45, 2.75) is 13.3 Å². The molecule has 0 aromatic heterocycles. The van der Waals surface area contributed by atoms with Crippen LogP contribution in [-0.2, 0) is 11.2 Å². The zero-order valence-electron chi connectivity index (χ0n) is 7.67. The molecule has 0 saturated heterocycles. The van der Waals surface area contributed by atoms with Crippen LogP contribution in [0.2, 0.25) is 0 Å². The highest BCUT2D eigenvalue weighted by atomic mass is 35.5. The highest BCUT2D eigenvalue weighted by Crippen LogP contribution is 2.35. The van der Waals surface area contributed by atoms with Gasteiger partial charge in [-0.1, -0.05) is 35.4 Å². The summed E-state index contributed by atoms with van der Waals surface area (Å²) in [6.45, 7) is 1.96. The molecule has 0 heterocycles. The Balaban J connectivity index is 2.55. The third-order valence-corrected chi connectivity index (χ3v) is 2.82. The van der Waals surface area contributed by atoms with Crippen LogP contribution in [0.3, 0.4) is 0 Å². The van der Waals surface area contributed by atoms with Gasteiger partial charge in [-0.3, -0.25) is 0 Å². The van der Waals surface area contributed by atoms with Crippen LogP contribution in [0.1, 0.15) is 16.7 Å². The summed E-state index contributed by atoms with van der Waals surface area (Å²) in [6.07, 6.45) is 0.434. The molecule has 0 saturated carbocycles. The fraction of sp³-hybridized carbons (Fsp3) is 0.182. The van der Waals surface area contributed by atoms with Crippen molar-refractivity contribution >= 4 is 22.6 Å². The van der Waals surface area contributed by atoms with Crippen LogP contribution in [0.4, 0.5) is 0 Å². The maximum absolute atomic E-state index is 10.8. The molecule has 0 atom stereocenters. The van der Waals surface area contributed by atoms with Crippen LogP contribution in [0, 0.1) is 6.92 Å². The Morgan fingerprint density at radius 3 is 2.86 bits per heavy atom. The molecular formula is C11H9ClO2. The number of carboxylic acids is 1. The molecule has 1 aromatic rings. The van der Waals surface area contributed by atoms with Gasteiger partial charge >= 0.3 is 5.97 Å². The number of carboxylic acid groups (broad SMARTS) is 1. The van der Waals surface area contributed by atoms with Crippen molar-refractivity contribution in [3.05, 3.63) is 40.5 Å². The lowest BCUT2D eigenvalue weighted by Gasteiger charge is -1.99. The lowest BCUT2D eigenvalue weighted by Crippen LogP contribution is -2.00. The monoisotopic (exact) mass is 208 g/mol. The molecular weight excluding hydrogens is 200 g/mol. The molecule has 0 aliphatic heterocycles. The van der Waals surface area contributed by atoms with Gasteiger partial charge in [0, 0.05) is 6.42 Å². The molecule has 2 rings (SSSR count). The fourth-order valence-corrected chi connectivity index (χ4v) is 1.97. The van der Waals surface area contributed by atoms with E-state index in [0.717, 1.165) is 16.7 Å². The number of aryl methyl sites for hydroxylation is 1. The number of rotatable bonds is 1. The standard InChI is InChI=1S/C11H9ClO2/c1-6-2-3-7-5-9(11(13)14)10(12)8(7)4-6/h2-4H,5H2,1H3,(H,13,14). The van der Waals surface area contributed by atoms with Gasteiger partial charge in [-0.25, -0.2) is 4.79 Å². The summed E-state index contributed by atoms with van der Waals surface area (Å²) < 4.78 is 0. The molecule has 1 aromatic carbocycles. The van der Waals surface area contributed by atoms with E-state index in [1.807, 2.05) is 25.1 Å². The molecule has 0 spiro atoms. The van der Waals surface area contributed by atoms with Gasteiger partial charge in [-0.15, -0.1) is 0 Å². The van der Waals surface area contributed by atoms with Gasteiger partial charge in [0.1, 0.15) is 0 Å². The van der Waals surface area contributed by atoms with Gasteiger partial charge in [0.15, 0.2) is 0 Å². The van der Waals surface area contributed by atoms with Crippen LogP contribution >= 0.6 is 11.6 Å². The minimum Gasteiger partial charge on any atom is -0.478 e. The van der Waals surface area contributed by atoms with Crippen molar-refractivity contribution in [3.8, 4) is 0 Å². The van der Waals surface area contributed by atoms with E-state index in [1.165, 1.54) is 0 Å². The zero-order chi connectivity index (χ0) is 10.3. The maximum Gasteiger partial charge on any atom is 0.333 e. The summed E-state index contributed by atoms with van der Waals surface area (Å²) >= 11 is 5.97. The summed E-state index contributed by atoms with van der Waals surface area (Å²) in [6, 6.07) is 5.82. The number of hydrogen-bond acceptors (Lipinski definition) is 1. The van der Waals surface area contributed by atoms with E-state index < -0.39 is 5.97 Å². The van der Waals surface area contributed by atoms with Crippen LogP contribution in [-0.4, -0.2) is 11.1 Å². The van der Waals surface area contributed by atoms with E-state index in [0.29, 0.717) is 17.0 Å². The average Bonchev–Trinajstić information content (AvgIpc) is 2.44. The largest absolute Gasteiger partial charge is 0.478 e. The second kappa shape index (κ2) is 3.14. The van der Waals surface area contributed by atoms with Gasteiger partial charge in [0.05, 0.1) is 10.6 Å². The van der Waals surface area contributed by atoms with E-state index in [4.69, 9.17) is 16.7 Å². The minimum absolute atomic E-state index is 0.298. The molecule has 0 fully saturated rings. The first-order valence-electron chi connectivity index (χ1n) is 4.31. The molecule has 0 amide bonds. The Morgan fingerprint density at radius 1 is 1.50 bits per heavy atom. The maximum atomic E-state index is 10.8. The van der Waals surface area contributed by atoms with E-state index in [2.05, 4.69) is 0 Å². The lowest BCUT2D eigenvalue weighted by atomic mass is 10.1. The SMILES string of the molecule is Cc1ccc2c(c1)C(Cl)=C(C(=O)O)C2. The van der Waals surface area contributed by atoms with Crippen LogP contribution in [0.15, 0.2) is 23.8 Å². The molecule has 72 valence electrons. The predicted molar refractivity (Wildman–Crippen MR) is 55.3 cm³/mol. The summed E-state index contributed by atoms with van der Waals surface area (Å²) in [5.41, 5.74) is 3.25. The Morgan fingerprint density at radius 2 is 2.21 bits per heavy atom. The van der Waals surface area contributed by atoms with Crippen LogP contribution in [0.5, 0.6) is 0 Å². The van der Waals surface area contributed by atoms with Gasteiger partial charge in [0.25, 0.3) is 0 Å². The van der Waals surface area contributed by atoms with Crippen molar-refractivity contribution in [1.29, 1.82) is 0 Å². The van der Waals surface area contributed by atoms with E-state index in [1.54, 1.807) is 0 Å². The smallest absolute Gasteiger partial charge is 0.333 e. The van der Waals surface area contributed by atoms with Crippen molar-refractivity contribution in [3.63, 3.8) is 0 Å². The first kappa shape index (κ1) is 9.28. The first-order valence-corrected chi connectivity index (χ1v) is 4.69. The summed E-state index contributed by atoms with van der Waals surface area (Å²) in [5.74, 6) is -0.927. The molecule has 1 aliphatic rings. The molecule has 0 radical (unpaired) electrons. The van der Waals surface area contributed by atoms with E-state index >= 15 is 0 Å². The fourth-order valence-electron chi connectivity index (χ4n) is 1.65. The normalized spacial score (nSPS) is 14.4. The van der Waals surface area contributed by atoms with E-state index in [-0.39, 0.29) is 0 Å². The number of aliphatic carboxylic acids is 1. The molecule has 1 aliphatic carbocycles. The van der Waals surface area contributed by atoms with Crippen molar-refractivity contribution in [2.75, 3.05) is 0 Å². The summed E-state index contributed by atoms with van der Waals surface area (Å²) in [7, 11) is 0. The topological polar surface area (TPSA) is 37.3 Å². The Labute approximate surface area is 86.8 Å². The van der Waals surface area contributed by atoms with Gasteiger partial charge < -0.3 is 5.11 Å². The highest BCUT2D eigenvalue weighted by molar-refractivity contribution is 6.51. The molecule has 1 N–H and O–H groups in total. The Kier molecular flexibility index (Phi) is 2.08. The quantitative estimate of drug-likeness (QED) is 0.770. The van der Waals surface area contributed by atoms with Crippen molar-refractivity contribution in [2.24, 2.45) is 0 Å². The van der Waals surface area contributed by atoms with Gasteiger partial charge in [0.2, 0.25) is 0 Å². The predicted octanol–water partition coefficient (Wildman–Crippen LogP) is 2.59. The second-order valence-corrected chi connectivity index (χ2v) is 3.81. The molecule has 0 unspecified atom stereocenters. The second-order valence-electron chi connectivity index (χ2n) is 3.44. The number of halogens is 1. The molecule has 0 bridgehead atoms. The third kappa shape index (κ3) is 1.32. The third-order valence-electron chi connectivity index (χ3n) is 2.39. The van der Waals surface area contributed by atoms with Crippen LogP contribution < -0.4 is 0 Å². The van der Waals surface area contributed by atoms with Crippen molar-refractivity contribution < 1.29 is 9.90 Å². The van der Waals surface area contributed by atoms with Crippen LogP contribution in [0.25, 0.3) is 5.03 Å². The van der Waals surface area contributed by atoms with Gasteiger partial charge in [-0.2, -0.15) is 0 Å².